The van der Waals surface area contributed by atoms with Crippen molar-refractivity contribution in [3.8, 4) is 11.1 Å². The molecule has 8 nitrogen and oxygen atoms in total. The fourth-order valence-electron chi connectivity index (χ4n) is 4.59. The van der Waals surface area contributed by atoms with Crippen molar-refractivity contribution in [3.63, 3.8) is 0 Å². The lowest BCUT2D eigenvalue weighted by Crippen LogP contribution is -2.37. The lowest BCUT2D eigenvalue weighted by atomic mass is 9.99. The van der Waals surface area contributed by atoms with Crippen LogP contribution in [0.3, 0.4) is 0 Å². The van der Waals surface area contributed by atoms with E-state index in [1.807, 2.05) is 79.7 Å². The third-order valence-corrected chi connectivity index (χ3v) is 7.29. The maximum Gasteiger partial charge on any atom is 0.255 e. The van der Waals surface area contributed by atoms with Gasteiger partial charge < -0.3 is 15.1 Å². The minimum absolute atomic E-state index is 0.119. The Morgan fingerprint density at radius 3 is 2.46 bits per heavy atom. The summed E-state index contributed by atoms with van der Waals surface area (Å²) in [6.45, 7) is 1.66. The van der Waals surface area contributed by atoms with E-state index >= 15 is 0 Å². The number of aromatic nitrogens is 1. The van der Waals surface area contributed by atoms with Crippen LogP contribution in [-0.2, 0) is 11.3 Å². The standard InChI is InChI=1S/C30H29N5O3S/c1-34(2)16-14-31-27(36)22-10-8-20(9-11-22)23-12-13-24-19-35(29(38)25(24)18-23)26(21-6-4-3-5-7-21)28(37)33-30-32-15-17-39-30/h3-13,15,17-18,26H,14,16,19H2,1-2H3,(H,31,36)(H,32,33,37). The highest BCUT2D eigenvalue weighted by Gasteiger charge is 2.37. The number of fused-ring (bicyclic) bond motifs is 1. The number of hydrogen-bond acceptors (Lipinski definition) is 6. The molecule has 0 saturated carbocycles. The molecule has 0 spiro atoms. The van der Waals surface area contributed by atoms with E-state index in [-0.39, 0.29) is 17.7 Å². The number of thiazole rings is 1. The number of hydrogen-bond donors (Lipinski definition) is 2. The molecule has 1 unspecified atom stereocenters. The Morgan fingerprint density at radius 2 is 1.77 bits per heavy atom. The minimum atomic E-state index is -0.802. The van der Waals surface area contributed by atoms with Crippen LogP contribution in [0.4, 0.5) is 5.13 Å². The van der Waals surface area contributed by atoms with Crippen molar-refractivity contribution in [2.45, 2.75) is 12.6 Å². The number of benzene rings is 3. The molecule has 1 aliphatic rings. The number of anilines is 1. The lowest BCUT2D eigenvalue weighted by Gasteiger charge is -2.27. The first kappa shape index (κ1) is 26.3. The van der Waals surface area contributed by atoms with Gasteiger partial charge in [-0.15, -0.1) is 11.3 Å². The van der Waals surface area contributed by atoms with Crippen LogP contribution < -0.4 is 10.6 Å². The van der Waals surface area contributed by atoms with Crippen LogP contribution in [0.5, 0.6) is 0 Å². The van der Waals surface area contributed by atoms with Crippen molar-refractivity contribution in [3.05, 3.63) is 107 Å². The van der Waals surface area contributed by atoms with E-state index in [1.54, 1.807) is 28.6 Å². The number of amides is 3. The molecule has 3 aromatic carbocycles. The van der Waals surface area contributed by atoms with Crippen molar-refractivity contribution >= 4 is 34.2 Å². The number of likely N-dealkylation sites (N-methyl/N-ethyl adjacent to an activating group) is 1. The van der Waals surface area contributed by atoms with Gasteiger partial charge in [-0.2, -0.15) is 0 Å². The Balaban J connectivity index is 1.36. The van der Waals surface area contributed by atoms with Gasteiger partial charge >= 0.3 is 0 Å². The normalized spacial score (nSPS) is 13.3. The number of carbonyl (C=O) groups excluding carboxylic acids is 3. The zero-order chi connectivity index (χ0) is 27.4. The second kappa shape index (κ2) is 11.6. The molecule has 1 aromatic heterocycles. The number of nitrogens with zero attached hydrogens (tertiary/aromatic N) is 3. The first-order valence-corrected chi connectivity index (χ1v) is 13.5. The predicted molar refractivity (Wildman–Crippen MR) is 153 cm³/mol. The van der Waals surface area contributed by atoms with Gasteiger partial charge in [-0.05, 0) is 54.5 Å². The van der Waals surface area contributed by atoms with Crippen LogP contribution in [0.15, 0.2) is 84.4 Å². The summed E-state index contributed by atoms with van der Waals surface area (Å²) < 4.78 is 0. The lowest BCUT2D eigenvalue weighted by molar-refractivity contribution is -0.120. The Labute approximate surface area is 231 Å². The third-order valence-electron chi connectivity index (χ3n) is 6.60. The van der Waals surface area contributed by atoms with Gasteiger partial charge in [0.1, 0.15) is 6.04 Å². The zero-order valence-electron chi connectivity index (χ0n) is 21.8. The molecule has 198 valence electrons. The van der Waals surface area contributed by atoms with Crippen LogP contribution in [0.25, 0.3) is 11.1 Å². The second-order valence-corrected chi connectivity index (χ2v) is 10.5. The fourth-order valence-corrected chi connectivity index (χ4v) is 5.12. The largest absolute Gasteiger partial charge is 0.351 e. The molecule has 1 atom stereocenters. The Morgan fingerprint density at radius 1 is 1.03 bits per heavy atom. The van der Waals surface area contributed by atoms with Crippen molar-refractivity contribution in [1.29, 1.82) is 0 Å². The Hall–Kier alpha value is -4.34. The topological polar surface area (TPSA) is 94.6 Å². The van der Waals surface area contributed by atoms with Gasteiger partial charge in [0.15, 0.2) is 5.13 Å². The van der Waals surface area contributed by atoms with Crippen LogP contribution in [0.2, 0.25) is 0 Å². The molecule has 9 heteroatoms. The summed E-state index contributed by atoms with van der Waals surface area (Å²) in [4.78, 5) is 47.3. The molecule has 39 heavy (non-hydrogen) atoms. The molecule has 2 N–H and O–H groups in total. The summed E-state index contributed by atoms with van der Waals surface area (Å²) in [5.74, 6) is -0.630. The van der Waals surface area contributed by atoms with Gasteiger partial charge in [-0.1, -0.05) is 54.6 Å². The number of nitrogens with one attached hydrogen (secondary N) is 2. The van der Waals surface area contributed by atoms with E-state index in [0.717, 1.165) is 28.8 Å². The van der Waals surface area contributed by atoms with E-state index in [2.05, 4.69) is 15.6 Å². The zero-order valence-corrected chi connectivity index (χ0v) is 22.6. The summed E-state index contributed by atoms with van der Waals surface area (Å²) in [7, 11) is 3.92. The monoisotopic (exact) mass is 539 g/mol. The highest BCUT2D eigenvalue weighted by Crippen LogP contribution is 2.35. The van der Waals surface area contributed by atoms with Crippen molar-refractivity contribution < 1.29 is 14.4 Å². The van der Waals surface area contributed by atoms with Gasteiger partial charge in [0.05, 0.1) is 0 Å². The highest BCUT2D eigenvalue weighted by molar-refractivity contribution is 7.13. The van der Waals surface area contributed by atoms with Gasteiger partial charge in [-0.3, -0.25) is 19.7 Å². The molecule has 0 aliphatic carbocycles. The van der Waals surface area contributed by atoms with Crippen LogP contribution >= 0.6 is 11.3 Å². The molecule has 2 heterocycles. The maximum atomic E-state index is 13.7. The average molecular weight is 540 g/mol. The van der Waals surface area contributed by atoms with Gasteiger partial charge in [-0.25, -0.2) is 4.98 Å². The predicted octanol–water partition coefficient (Wildman–Crippen LogP) is 4.44. The SMILES string of the molecule is CN(C)CCNC(=O)c1ccc(-c2ccc3c(c2)C(=O)N(C(C(=O)Nc2nccs2)c2ccccc2)C3)cc1. The summed E-state index contributed by atoms with van der Waals surface area (Å²) in [5.41, 5.74) is 4.51. The Kier molecular flexibility index (Phi) is 7.81. The molecule has 0 bridgehead atoms. The molecule has 4 aromatic rings. The van der Waals surface area contributed by atoms with E-state index < -0.39 is 6.04 Å². The van der Waals surface area contributed by atoms with Crippen molar-refractivity contribution in [1.82, 2.24) is 20.1 Å². The van der Waals surface area contributed by atoms with Gasteiger partial charge in [0.2, 0.25) is 0 Å². The number of rotatable bonds is 9. The molecular formula is C30H29N5O3S. The average Bonchev–Trinajstić information content (AvgIpc) is 3.57. The summed E-state index contributed by atoms with van der Waals surface area (Å²) in [5, 5.41) is 8.04. The summed E-state index contributed by atoms with van der Waals surface area (Å²) in [6.07, 6.45) is 1.63. The molecule has 0 radical (unpaired) electrons. The van der Waals surface area contributed by atoms with E-state index in [1.165, 1.54) is 11.3 Å². The minimum Gasteiger partial charge on any atom is -0.351 e. The summed E-state index contributed by atoms with van der Waals surface area (Å²) >= 11 is 1.33. The number of carbonyl (C=O) groups is 3. The molecule has 0 saturated heterocycles. The van der Waals surface area contributed by atoms with E-state index in [9.17, 15) is 14.4 Å². The van der Waals surface area contributed by atoms with Crippen LogP contribution in [-0.4, -0.2) is 59.7 Å². The van der Waals surface area contributed by atoms with Crippen LogP contribution in [0.1, 0.15) is 37.9 Å². The highest BCUT2D eigenvalue weighted by atomic mass is 32.1. The molecule has 1 aliphatic heterocycles. The van der Waals surface area contributed by atoms with Crippen molar-refractivity contribution in [2.75, 3.05) is 32.5 Å². The third kappa shape index (κ3) is 5.89. The molecular weight excluding hydrogens is 510 g/mol. The first-order chi connectivity index (χ1) is 18.9. The smallest absolute Gasteiger partial charge is 0.255 e. The van der Waals surface area contributed by atoms with E-state index in [0.29, 0.717) is 29.3 Å². The van der Waals surface area contributed by atoms with Crippen LogP contribution in [0, 0.1) is 0 Å². The van der Waals surface area contributed by atoms with Gasteiger partial charge in [0, 0.05) is 42.3 Å². The second-order valence-electron chi connectivity index (χ2n) is 9.58. The molecule has 5 rings (SSSR count). The Bertz CT molecular complexity index is 1470. The van der Waals surface area contributed by atoms with Crippen molar-refractivity contribution in [2.24, 2.45) is 0 Å². The maximum absolute atomic E-state index is 13.7. The quantitative estimate of drug-likeness (QED) is 0.328. The summed E-state index contributed by atoms with van der Waals surface area (Å²) in [6, 6.07) is 21.6. The van der Waals surface area contributed by atoms with E-state index in [4.69, 9.17) is 0 Å². The first-order valence-electron chi connectivity index (χ1n) is 12.6. The molecule has 0 fully saturated rings. The van der Waals surface area contributed by atoms with Gasteiger partial charge in [0.25, 0.3) is 17.7 Å². The fraction of sp³-hybridized carbons (Fsp3) is 0.200. The molecule has 3 amide bonds.